The second-order valence-corrected chi connectivity index (χ2v) is 7.36. The molecule has 1 aliphatic rings. The van der Waals surface area contributed by atoms with Gasteiger partial charge in [0.1, 0.15) is 12.4 Å². The van der Waals surface area contributed by atoms with E-state index in [1.807, 2.05) is 25.1 Å². The summed E-state index contributed by atoms with van der Waals surface area (Å²) in [5.74, 6) is -0.590. The molecule has 0 saturated carbocycles. The lowest BCUT2D eigenvalue weighted by atomic mass is 10.1. The Morgan fingerprint density at radius 3 is 2.71 bits per heavy atom. The summed E-state index contributed by atoms with van der Waals surface area (Å²) in [7, 11) is 0. The van der Waals surface area contributed by atoms with Crippen LogP contribution >= 0.6 is 11.6 Å². The molecule has 7 heteroatoms. The van der Waals surface area contributed by atoms with Gasteiger partial charge in [0.25, 0.3) is 0 Å². The molecule has 0 aromatic heterocycles. The van der Waals surface area contributed by atoms with Gasteiger partial charge in [-0.15, -0.1) is 0 Å². The number of hydrogen-bond donors (Lipinski definition) is 1. The lowest BCUT2D eigenvalue weighted by Crippen LogP contribution is -2.40. The summed E-state index contributed by atoms with van der Waals surface area (Å²) in [5, 5.41) is 3.16. The van der Waals surface area contributed by atoms with Gasteiger partial charge in [0.05, 0.1) is 0 Å². The molecule has 5 nitrogen and oxygen atoms in total. The third-order valence-electron chi connectivity index (χ3n) is 4.71. The first-order valence-electron chi connectivity index (χ1n) is 9.22. The number of carbonyl (C=O) groups excluding carboxylic acids is 2. The average molecular weight is 404 g/mol. The van der Waals surface area contributed by atoms with Crippen molar-refractivity contribution >= 4 is 23.5 Å². The summed E-state index contributed by atoms with van der Waals surface area (Å²) in [6.07, 6.45) is 0.747. The van der Waals surface area contributed by atoms with Gasteiger partial charge < -0.3 is 15.1 Å². The van der Waals surface area contributed by atoms with E-state index < -0.39 is 5.82 Å². The molecule has 0 spiro atoms. The van der Waals surface area contributed by atoms with Gasteiger partial charge in [-0.25, -0.2) is 9.18 Å². The molecule has 1 N–H and O–H groups in total. The molecule has 0 atom stereocenters. The number of amides is 3. The largest absolute Gasteiger partial charge is 0.354 e. The Morgan fingerprint density at radius 1 is 1.18 bits per heavy atom. The number of urea groups is 1. The van der Waals surface area contributed by atoms with E-state index in [4.69, 9.17) is 11.6 Å². The van der Waals surface area contributed by atoms with Crippen LogP contribution in [0.15, 0.2) is 42.5 Å². The van der Waals surface area contributed by atoms with Crippen LogP contribution in [-0.4, -0.2) is 47.9 Å². The van der Waals surface area contributed by atoms with E-state index in [9.17, 15) is 14.0 Å². The molecule has 1 aliphatic heterocycles. The third kappa shape index (κ3) is 5.23. The first-order chi connectivity index (χ1) is 13.4. The molecule has 0 bridgehead atoms. The Hall–Kier alpha value is -2.60. The fourth-order valence-electron chi connectivity index (χ4n) is 3.22. The van der Waals surface area contributed by atoms with Gasteiger partial charge in [0.2, 0.25) is 5.91 Å². The zero-order valence-electron chi connectivity index (χ0n) is 15.8. The van der Waals surface area contributed by atoms with E-state index in [-0.39, 0.29) is 18.5 Å². The molecule has 28 heavy (non-hydrogen) atoms. The van der Waals surface area contributed by atoms with Crippen LogP contribution < -0.4 is 5.32 Å². The molecule has 3 amide bonds. The molecule has 2 aromatic rings. The maximum absolute atomic E-state index is 13.2. The Kier molecular flexibility index (Phi) is 6.52. The summed E-state index contributed by atoms with van der Waals surface area (Å²) in [6, 6.07) is 12.1. The third-order valence-corrected chi connectivity index (χ3v) is 5.06. The van der Waals surface area contributed by atoms with Crippen molar-refractivity contribution in [3.63, 3.8) is 0 Å². The number of carbonyl (C=O) groups is 2. The van der Waals surface area contributed by atoms with Crippen molar-refractivity contribution in [2.45, 2.75) is 19.9 Å². The number of benzene rings is 2. The van der Waals surface area contributed by atoms with Crippen LogP contribution in [0.1, 0.15) is 16.7 Å². The van der Waals surface area contributed by atoms with Crippen molar-refractivity contribution in [1.82, 2.24) is 15.1 Å². The fourth-order valence-corrected chi connectivity index (χ4v) is 3.45. The minimum atomic E-state index is -0.412. The molecule has 0 radical (unpaired) electrons. The number of halogens is 2. The minimum absolute atomic E-state index is 0.0281. The first kappa shape index (κ1) is 20.1. The highest BCUT2D eigenvalue weighted by Crippen LogP contribution is 2.21. The topological polar surface area (TPSA) is 52.7 Å². The summed E-state index contributed by atoms with van der Waals surface area (Å²) in [6.45, 7) is 3.86. The molecule has 0 aliphatic carbocycles. The Bertz CT molecular complexity index is 874. The van der Waals surface area contributed by atoms with E-state index in [1.54, 1.807) is 11.0 Å². The molecule has 1 fully saturated rings. The number of aryl methyl sites for hydroxylation is 1. The van der Waals surface area contributed by atoms with Crippen LogP contribution in [0.2, 0.25) is 5.02 Å². The van der Waals surface area contributed by atoms with Crippen molar-refractivity contribution in [2.75, 3.05) is 26.2 Å². The molecule has 148 valence electrons. The second kappa shape index (κ2) is 9.06. The highest BCUT2D eigenvalue weighted by atomic mass is 35.5. The van der Waals surface area contributed by atoms with Gasteiger partial charge in [0, 0.05) is 31.2 Å². The Balaban J connectivity index is 1.46. The van der Waals surface area contributed by atoms with Crippen LogP contribution in [0.5, 0.6) is 0 Å². The fraction of sp³-hybridized carbons (Fsp3) is 0.333. The first-order valence-corrected chi connectivity index (χ1v) is 9.60. The average Bonchev–Trinajstić information content (AvgIpc) is 2.97. The van der Waals surface area contributed by atoms with Crippen molar-refractivity contribution in [3.05, 3.63) is 70.0 Å². The quantitative estimate of drug-likeness (QED) is 0.770. The van der Waals surface area contributed by atoms with Gasteiger partial charge in [-0.3, -0.25) is 4.79 Å². The van der Waals surface area contributed by atoms with E-state index in [0.717, 1.165) is 6.42 Å². The van der Waals surface area contributed by atoms with Crippen molar-refractivity contribution < 1.29 is 14.0 Å². The van der Waals surface area contributed by atoms with Gasteiger partial charge in [0.15, 0.2) is 0 Å². The number of hydrogen-bond acceptors (Lipinski definition) is 2. The van der Waals surface area contributed by atoms with Crippen molar-refractivity contribution in [3.8, 4) is 0 Å². The van der Waals surface area contributed by atoms with Crippen LogP contribution in [-0.2, 0) is 17.8 Å². The SMILES string of the molecule is Cc1cccc(CCNC(=O)CN2CCN(Cc3ccc(F)cc3Cl)C2=O)c1. The van der Waals surface area contributed by atoms with E-state index >= 15 is 0 Å². The number of nitrogens with zero attached hydrogens (tertiary/aromatic N) is 2. The predicted octanol–water partition coefficient (Wildman–Crippen LogP) is 3.38. The maximum Gasteiger partial charge on any atom is 0.320 e. The van der Waals surface area contributed by atoms with Crippen molar-refractivity contribution in [2.24, 2.45) is 0 Å². The van der Waals surface area contributed by atoms with Crippen LogP contribution in [0.25, 0.3) is 0 Å². The summed E-state index contributed by atoms with van der Waals surface area (Å²) < 4.78 is 13.2. The van der Waals surface area contributed by atoms with Gasteiger partial charge in [-0.2, -0.15) is 0 Å². The van der Waals surface area contributed by atoms with Crippen LogP contribution in [0.3, 0.4) is 0 Å². The highest BCUT2D eigenvalue weighted by Gasteiger charge is 2.30. The normalized spacial score (nSPS) is 13.9. The molecular weight excluding hydrogens is 381 g/mol. The Labute approximate surface area is 169 Å². The lowest BCUT2D eigenvalue weighted by molar-refractivity contribution is -0.121. The van der Waals surface area contributed by atoms with E-state index in [0.29, 0.717) is 36.8 Å². The lowest BCUT2D eigenvalue weighted by Gasteiger charge is -2.19. The molecule has 2 aromatic carbocycles. The van der Waals surface area contributed by atoms with Gasteiger partial charge in [-0.1, -0.05) is 47.5 Å². The number of rotatable bonds is 7. The van der Waals surface area contributed by atoms with Gasteiger partial charge >= 0.3 is 6.03 Å². The molecule has 3 rings (SSSR count). The highest BCUT2D eigenvalue weighted by molar-refractivity contribution is 6.31. The van der Waals surface area contributed by atoms with Crippen LogP contribution in [0, 0.1) is 12.7 Å². The summed E-state index contributed by atoms with van der Waals surface area (Å²) in [5.41, 5.74) is 3.04. The zero-order valence-corrected chi connectivity index (χ0v) is 16.5. The predicted molar refractivity (Wildman–Crippen MR) is 107 cm³/mol. The molecule has 1 saturated heterocycles. The summed E-state index contributed by atoms with van der Waals surface area (Å²) in [4.78, 5) is 27.8. The zero-order chi connectivity index (χ0) is 20.1. The minimum Gasteiger partial charge on any atom is -0.354 e. The summed E-state index contributed by atoms with van der Waals surface area (Å²) >= 11 is 6.04. The smallest absolute Gasteiger partial charge is 0.320 e. The molecular formula is C21H23ClFN3O2. The monoisotopic (exact) mass is 403 g/mol. The van der Waals surface area contributed by atoms with E-state index in [1.165, 1.54) is 28.2 Å². The second-order valence-electron chi connectivity index (χ2n) is 6.95. The Morgan fingerprint density at radius 2 is 1.96 bits per heavy atom. The van der Waals surface area contributed by atoms with Crippen molar-refractivity contribution in [1.29, 1.82) is 0 Å². The van der Waals surface area contributed by atoms with Gasteiger partial charge in [-0.05, 0) is 36.6 Å². The molecule has 1 heterocycles. The van der Waals surface area contributed by atoms with E-state index in [2.05, 4.69) is 11.4 Å². The molecule has 0 unspecified atom stereocenters. The maximum atomic E-state index is 13.2. The van der Waals surface area contributed by atoms with Crippen LogP contribution in [0.4, 0.5) is 9.18 Å². The number of nitrogens with one attached hydrogen (secondary N) is 1. The standard InChI is InChI=1S/C21H23ClFN3O2/c1-15-3-2-4-16(11-15)7-8-24-20(27)14-26-10-9-25(21(26)28)13-17-5-6-18(23)12-19(17)22/h2-6,11-12H,7-10,13-14H2,1H3,(H,24,27).